The topological polar surface area (TPSA) is 9.86 Å². The number of hydrogen-bond donors (Lipinski definition) is 0. The normalized spacial score (nSPS) is 16.3. The summed E-state index contributed by atoms with van der Waals surface area (Å²) in [6.45, 7) is 7.81. The van der Waals surface area contributed by atoms with Crippen LogP contribution in [0.3, 0.4) is 0 Å². The second-order valence-corrected chi connectivity index (χ2v) is 10.7. The van der Waals surface area contributed by atoms with E-state index in [0.29, 0.717) is 6.54 Å². The number of para-hydroxylation sites is 2. The van der Waals surface area contributed by atoms with Gasteiger partial charge in [-0.15, -0.1) is 6.58 Å². The predicted octanol–water partition coefficient (Wildman–Crippen LogP) is 9.14. The Morgan fingerprint density at radius 2 is 1.10 bits per heavy atom. The first kappa shape index (κ1) is 24.6. The lowest BCUT2D eigenvalue weighted by Crippen LogP contribution is -2.24. The second kappa shape index (κ2) is 9.63. The molecule has 198 valence electrons. The molecule has 2 aromatic heterocycles. The molecule has 40 heavy (non-hydrogen) atoms. The van der Waals surface area contributed by atoms with Crippen molar-refractivity contribution in [2.75, 3.05) is 0 Å². The lowest BCUT2D eigenvalue weighted by molar-refractivity contribution is 0.618. The number of halogens is 2. The van der Waals surface area contributed by atoms with Crippen molar-refractivity contribution in [3.8, 4) is 0 Å². The van der Waals surface area contributed by atoms with Crippen LogP contribution in [0.5, 0.6) is 0 Å². The number of hydrogen-bond acceptors (Lipinski definition) is 0. The Bertz CT molecular complexity index is 1870. The lowest BCUT2D eigenvalue weighted by atomic mass is 9.72. The minimum atomic E-state index is -0.246. The highest BCUT2D eigenvalue weighted by atomic mass is 19.1. The Hall–Kier alpha value is -4.44. The van der Waals surface area contributed by atoms with Crippen LogP contribution < -0.4 is 0 Å². The Morgan fingerprint density at radius 3 is 1.57 bits per heavy atom. The Morgan fingerprint density at radius 1 is 0.650 bits per heavy atom. The Balaban J connectivity index is 1.70. The van der Waals surface area contributed by atoms with Crippen molar-refractivity contribution in [2.45, 2.75) is 38.3 Å². The van der Waals surface area contributed by atoms with Gasteiger partial charge in [-0.05, 0) is 65.1 Å². The van der Waals surface area contributed by atoms with Crippen molar-refractivity contribution < 1.29 is 8.78 Å². The van der Waals surface area contributed by atoms with Gasteiger partial charge in [0, 0.05) is 46.3 Å². The van der Waals surface area contributed by atoms with Gasteiger partial charge in [0.15, 0.2) is 0 Å². The molecule has 2 unspecified atom stereocenters. The van der Waals surface area contributed by atoms with Gasteiger partial charge in [0.25, 0.3) is 0 Å². The van der Waals surface area contributed by atoms with Crippen molar-refractivity contribution in [3.63, 3.8) is 0 Å². The molecule has 1 aliphatic carbocycles. The molecule has 6 aromatic rings. The van der Waals surface area contributed by atoms with Crippen molar-refractivity contribution in [1.29, 1.82) is 0 Å². The second-order valence-electron chi connectivity index (χ2n) is 10.7. The first-order chi connectivity index (χ1) is 19.6. The zero-order valence-corrected chi connectivity index (χ0v) is 22.4. The molecule has 0 fully saturated rings. The molecule has 0 spiro atoms. The summed E-state index contributed by atoms with van der Waals surface area (Å²) in [6.07, 6.45) is 2.92. The summed E-state index contributed by atoms with van der Waals surface area (Å²) in [5.41, 5.74) is 9.34. The van der Waals surface area contributed by atoms with Crippen LogP contribution in [0.1, 0.15) is 58.8 Å². The zero-order chi connectivity index (χ0) is 27.4. The fourth-order valence-corrected chi connectivity index (χ4v) is 6.95. The van der Waals surface area contributed by atoms with Crippen LogP contribution in [0.25, 0.3) is 21.8 Å². The maximum atomic E-state index is 14.2. The highest BCUT2D eigenvalue weighted by molar-refractivity contribution is 5.94. The van der Waals surface area contributed by atoms with E-state index in [9.17, 15) is 8.78 Å². The van der Waals surface area contributed by atoms with Crippen molar-refractivity contribution >= 4 is 21.8 Å². The van der Waals surface area contributed by atoms with Crippen molar-refractivity contribution in [3.05, 3.63) is 155 Å². The third-order valence-electron chi connectivity index (χ3n) is 8.39. The van der Waals surface area contributed by atoms with Gasteiger partial charge < -0.3 is 9.13 Å². The number of allylic oxidation sites excluding steroid dienone is 1. The molecule has 4 aromatic carbocycles. The summed E-state index contributed by atoms with van der Waals surface area (Å²) in [4.78, 5) is 0. The molecule has 2 heterocycles. The molecule has 4 heteroatoms. The van der Waals surface area contributed by atoms with Gasteiger partial charge in [-0.3, -0.25) is 0 Å². The molecule has 2 atom stereocenters. The smallest absolute Gasteiger partial charge is 0.123 e. The molecular weight excluding hydrogens is 498 g/mol. The molecule has 7 rings (SSSR count). The number of aromatic nitrogens is 2. The minimum absolute atomic E-state index is 0.0998. The van der Waals surface area contributed by atoms with Crippen molar-refractivity contribution in [1.82, 2.24) is 9.13 Å². The third kappa shape index (κ3) is 3.59. The quantitative estimate of drug-likeness (QED) is 0.191. The molecule has 0 radical (unpaired) electrons. The molecule has 0 bridgehead atoms. The van der Waals surface area contributed by atoms with Gasteiger partial charge >= 0.3 is 0 Å². The average molecular weight is 529 g/mol. The molecule has 2 nitrogen and oxygen atoms in total. The number of rotatable bonds is 6. The fraction of sp³-hybridized carbons (Fsp3) is 0.167. The summed E-state index contributed by atoms with van der Waals surface area (Å²) >= 11 is 0. The van der Waals surface area contributed by atoms with Gasteiger partial charge in [-0.25, -0.2) is 8.78 Å². The lowest BCUT2D eigenvalue weighted by Gasteiger charge is -2.34. The SMILES string of the molecule is C=CCn1c2c(c3ccccc31)C(c1ccc(F)cc1)c1c(c3ccccc3n1CCC)C2c1ccc(F)cc1. The Kier molecular flexibility index (Phi) is 5.92. The molecule has 0 aliphatic heterocycles. The van der Waals surface area contributed by atoms with E-state index in [4.69, 9.17) is 0 Å². The highest BCUT2D eigenvalue weighted by Crippen LogP contribution is 2.55. The van der Waals surface area contributed by atoms with Crippen LogP contribution in [0.4, 0.5) is 8.78 Å². The third-order valence-corrected chi connectivity index (χ3v) is 8.39. The minimum Gasteiger partial charge on any atom is -0.343 e. The fourth-order valence-electron chi connectivity index (χ4n) is 6.95. The van der Waals surface area contributed by atoms with E-state index in [1.807, 2.05) is 30.3 Å². The number of nitrogens with zero attached hydrogens (tertiary/aromatic N) is 2. The summed E-state index contributed by atoms with van der Waals surface area (Å²) in [6, 6.07) is 31.1. The van der Waals surface area contributed by atoms with Gasteiger partial charge in [0.1, 0.15) is 11.6 Å². The molecular formula is C36H30F2N2. The molecule has 0 amide bonds. The Labute approximate surface area is 232 Å². The summed E-state index contributed by atoms with van der Waals surface area (Å²) in [5.74, 6) is -0.702. The van der Waals surface area contributed by atoms with Gasteiger partial charge in [0.2, 0.25) is 0 Å². The maximum Gasteiger partial charge on any atom is 0.123 e. The standard InChI is InChI=1S/C36H30F2N2/c1-3-21-39-29-11-7-5-9-27(29)33-32(24-15-19-26(38)20-16-24)36-34(28-10-6-8-12-30(28)40(36)22-4-2)31(35(33)39)23-13-17-25(37)18-14-23/h3,5-20,31-32H,1,4,21-22H2,2H3. The van der Waals surface area contributed by atoms with E-state index in [1.165, 1.54) is 38.8 Å². The summed E-state index contributed by atoms with van der Waals surface area (Å²) in [5, 5.41) is 2.38. The molecule has 0 saturated heterocycles. The summed E-state index contributed by atoms with van der Waals surface area (Å²) in [7, 11) is 0. The van der Waals surface area contributed by atoms with Gasteiger partial charge in [0.05, 0.1) is 11.8 Å². The van der Waals surface area contributed by atoms with Crippen LogP contribution in [-0.2, 0) is 13.1 Å². The average Bonchev–Trinajstić information content (AvgIpc) is 3.47. The van der Waals surface area contributed by atoms with E-state index in [-0.39, 0.29) is 23.5 Å². The number of benzene rings is 4. The van der Waals surface area contributed by atoms with Crippen LogP contribution in [-0.4, -0.2) is 9.13 Å². The van der Waals surface area contributed by atoms with Crippen LogP contribution >= 0.6 is 0 Å². The molecule has 0 saturated carbocycles. The first-order valence-electron chi connectivity index (χ1n) is 14.0. The van der Waals surface area contributed by atoms with E-state index >= 15 is 0 Å². The maximum absolute atomic E-state index is 14.2. The van der Waals surface area contributed by atoms with Crippen LogP contribution in [0.15, 0.2) is 110 Å². The van der Waals surface area contributed by atoms with Crippen LogP contribution in [0.2, 0.25) is 0 Å². The summed E-state index contributed by atoms with van der Waals surface area (Å²) < 4.78 is 33.3. The zero-order valence-electron chi connectivity index (χ0n) is 22.4. The van der Waals surface area contributed by atoms with E-state index in [2.05, 4.69) is 71.2 Å². The van der Waals surface area contributed by atoms with Crippen molar-refractivity contribution in [2.24, 2.45) is 0 Å². The first-order valence-corrected chi connectivity index (χ1v) is 14.0. The van der Waals surface area contributed by atoms with E-state index in [0.717, 1.165) is 29.6 Å². The van der Waals surface area contributed by atoms with E-state index in [1.54, 1.807) is 24.3 Å². The molecule has 0 N–H and O–H groups in total. The van der Waals surface area contributed by atoms with Crippen LogP contribution in [0, 0.1) is 11.6 Å². The van der Waals surface area contributed by atoms with E-state index < -0.39 is 0 Å². The largest absolute Gasteiger partial charge is 0.343 e. The highest BCUT2D eigenvalue weighted by Gasteiger charge is 2.42. The number of aryl methyl sites for hydroxylation is 1. The molecule has 1 aliphatic rings. The predicted molar refractivity (Wildman–Crippen MR) is 159 cm³/mol. The van der Waals surface area contributed by atoms with Gasteiger partial charge in [-0.1, -0.05) is 73.7 Å². The van der Waals surface area contributed by atoms with Gasteiger partial charge in [-0.2, -0.15) is 0 Å². The monoisotopic (exact) mass is 528 g/mol. The number of fused-ring (bicyclic) bond motifs is 6.